The molecule has 1 saturated heterocycles. The average molecular weight is 487 g/mol. The summed E-state index contributed by atoms with van der Waals surface area (Å²) in [5.41, 5.74) is 5.84. The number of nitriles is 1. The molecule has 10 nitrogen and oxygen atoms in total. The zero-order chi connectivity index (χ0) is 25.7. The quantitative estimate of drug-likeness (QED) is 0.385. The van der Waals surface area contributed by atoms with Crippen molar-refractivity contribution in [3.8, 4) is 11.8 Å². The molecule has 1 aliphatic heterocycles. The molecule has 1 fully saturated rings. The number of aromatic nitrogens is 2. The third-order valence-corrected chi connectivity index (χ3v) is 6.02. The average Bonchev–Trinajstić information content (AvgIpc) is 2.89. The molecule has 0 spiro atoms. The van der Waals surface area contributed by atoms with E-state index in [1.54, 1.807) is 48.7 Å². The fraction of sp³-hybridized carbons (Fsp3) is 0.269. The van der Waals surface area contributed by atoms with Crippen LogP contribution in [0, 0.1) is 17.2 Å². The lowest BCUT2D eigenvalue weighted by Crippen LogP contribution is -2.40. The second kappa shape index (κ2) is 10.7. The van der Waals surface area contributed by atoms with E-state index in [-0.39, 0.29) is 23.0 Å². The van der Waals surface area contributed by atoms with Crippen LogP contribution in [0.15, 0.2) is 59.0 Å². The molecule has 36 heavy (non-hydrogen) atoms. The van der Waals surface area contributed by atoms with Crippen molar-refractivity contribution in [2.45, 2.75) is 19.8 Å². The van der Waals surface area contributed by atoms with Crippen LogP contribution in [0.4, 0.5) is 11.5 Å². The second-order valence-electron chi connectivity index (χ2n) is 8.33. The number of carbonyl (C=O) groups excluding carboxylic acids is 2. The first-order chi connectivity index (χ1) is 17.4. The van der Waals surface area contributed by atoms with E-state index >= 15 is 0 Å². The van der Waals surface area contributed by atoms with Crippen molar-refractivity contribution in [2.24, 2.45) is 11.7 Å². The Bertz CT molecular complexity index is 1410. The number of nitrogens with two attached hydrogens (primary N) is 1. The van der Waals surface area contributed by atoms with Crippen LogP contribution >= 0.6 is 0 Å². The van der Waals surface area contributed by atoms with Crippen LogP contribution < -0.4 is 26.2 Å². The predicted molar refractivity (Wildman–Crippen MR) is 135 cm³/mol. The Morgan fingerprint density at radius 2 is 1.94 bits per heavy atom. The number of hydrogen-bond acceptors (Lipinski definition) is 7. The van der Waals surface area contributed by atoms with Crippen LogP contribution in [0.2, 0.25) is 0 Å². The van der Waals surface area contributed by atoms with Crippen LogP contribution in [0.1, 0.15) is 25.3 Å². The minimum Gasteiger partial charge on any atom is -0.494 e. The summed E-state index contributed by atoms with van der Waals surface area (Å²) in [5.74, 6) is -0.227. The molecule has 0 bridgehead atoms. The van der Waals surface area contributed by atoms with Crippen molar-refractivity contribution in [3.05, 3.63) is 70.2 Å². The summed E-state index contributed by atoms with van der Waals surface area (Å²) < 4.78 is 6.77. The fourth-order valence-electron chi connectivity index (χ4n) is 4.13. The molecule has 0 atom stereocenters. The molecule has 0 unspecified atom stereocenters. The number of nitrogens with zero attached hydrogens (tertiary/aromatic N) is 4. The molecule has 3 N–H and O–H groups in total. The molecule has 184 valence electrons. The van der Waals surface area contributed by atoms with Gasteiger partial charge < -0.3 is 20.7 Å². The van der Waals surface area contributed by atoms with E-state index in [9.17, 15) is 19.6 Å². The van der Waals surface area contributed by atoms with E-state index in [0.29, 0.717) is 55.4 Å². The number of pyridine rings is 1. The Morgan fingerprint density at radius 3 is 2.58 bits per heavy atom. The standard InChI is InChI=1S/C26H26N6O4/c1-2-36-20-8-6-19(7-9-20)29-25(34)18(16-27)15-21-24(31-13-10-17(11-14-31)23(28)33)30-22-5-3-4-12-32(22)26(21)35/h3-9,12,15,17H,2,10-11,13-14H2,1H3,(H2,28,33)(H,29,34). The number of fused-ring (bicyclic) bond motifs is 1. The molecule has 0 radical (unpaired) electrons. The Balaban J connectivity index is 1.70. The van der Waals surface area contributed by atoms with E-state index in [2.05, 4.69) is 10.3 Å². The zero-order valence-electron chi connectivity index (χ0n) is 19.8. The summed E-state index contributed by atoms with van der Waals surface area (Å²) >= 11 is 0. The lowest BCUT2D eigenvalue weighted by molar-refractivity contribution is -0.122. The molecule has 1 aliphatic rings. The first kappa shape index (κ1) is 24.5. The highest BCUT2D eigenvalue weighted by Crippen LogP contribution is 2.25. The Kier molecular flexibility index (Phi) is 7.30. The van der Waals surface area contributed by atoms with Gasteiger partial charge in [-0.3, -0.25) is 18.8 Å². The molecule has 1 aromatic carbocycles. The van der Waals surface area contributed by atoms with Crippen molar-refractivity contribution in [1.29, 1.82) is 5.26 Å². The number of piperidine rings is 1. The van der Waals surface area contributed by atoms with Crippen LogP contribution in [0.5, 0.6) is 5.75 Å². The highest BCUT2D eigenvalue weighted by atomic mass is 16.5. The largest absolute Gasteiger partial charge is 0.494 e. The van der Waals surface area contributed by atoms with Crippen molar-refractivity contribution < 1.29 is 14.3 Å². The Morgan fingerprint density at radius 1 is 1.22 bits per heavy atom. The van der Waals surface area contributed by atoms with E-state index in [0.717, 1.165) is 0 Å². The van der Waals surface area contributed by atoms with Crippen LogP contribution in [0.25, 0.3) is 11.7 Å². The smallest absolute Gasteiger partial charge is 0.267 e. The number of ether oxygens (including phenoxy) is 1. The van der Waals surface area contributed by atoms with E-state index in [4.69, 9.17) is 10.5 Å². The second-order valence-corrected chi connectivity index (χ2v) is 8.33. The third kappa shape index (κ3) is 5.20. The van der Waals surface area contributed by atoms with Gasteiger partial charge in [-0.2, -0.15) is 5.26 Å². The van der Waals surface area contributed by atoms with Gasteiger partial charge in [-0.25, -0.2) is 4.98 Å². The number of carbonyl (C=O) groups is 2. The molecule has 4 rings (SSSR count). The molecule has 10 heteroatoms. The highest BCUT2D eigenvalue weighted by molar-refractivity contribution is 6.10. The van der Waals surface area contributed by atoms with E-state index in [1.807, 2.05) is 17.9 Å². The SMILES string of the molecule is CCOc1ccc(NC(=O)C(C#N)=Cc2c(N3CCC(C(N)=O)CC3)nc3ccccn3c2=O)cc1. The van der Waals surface area contributed by atoms with Crippen molar-refractivity contribution in [2.75, 3.05) is 29.9 Å². The number of benzene rings is 1. The topological polar surface area (TPSA) is 143 Å². The first-order valence-electron chi connectivity index (χ1n) is 11.6. The molecule has 0 saturated carbocycles. The number of amides is 2. The van der Waals surface area contributed by atoms with Gasteiger partial charge in [-0.1, -0.05) is 6.07 Å². The molecule has 2 amide bonds. The molecule has 3 heterocycles. The summed E-state index contributed by atoms with van der Waals surface area (Å²) in [6, 6.07) is 13.8. The van der Waals surface area contributed by atoms with E-state index in [1.165, 1.54) is 10.5 Å². The zero-order valence-corrected chi connectivity index (χ0v) is 19.8. The highest BCUT2D eigenvalue weighted by Gasteiger charge is 2.27. The maximum Gasteiger partial charge on any atom is 0.267 e. The van der Waals surface area contributed by atoms with Crippen molar-refractivity contribution >= 4 is 35.0 Å². The molecular formula is C26H26N6O4. The van der Waals surface area contributed by atoms with Crippen LogP contribution in [-0.2, 0) is 9.59 Å². The Labute approximate surface area is 207 Å². The summed E-state index contributed by atoms with van der Waals surface area (Å²) in [4.78, 5) is 44.5. The molecule has 3 aromatic rings. The number of primary amides is 1. The monoisotopic (exact) mass is 486 g/mol. The van der Waals surface area contributed by atoms with Crippen LogP contribution in [0.3, 0.4) is 0 Å². The number of anilines is 2. The Hall–Kier alpha value is -4.65. The maximum atomic E-state index is 13.4. The molecule has 2 aromatic heterocycles. The van der Waals surface area contributed by atoms with Gasteiger partial charge in [0.05, 0.1) is 12.2 Å². The summed E-state index contributed by atoms with van der Waals surface area (Å²) in [7, 11) is 0. The maximum absolute atomic E-state index is 13.4. The minimum absolute atomic E-state index is 0.120. The number of hydrogen-bond donors (Lipinski definition) is 2. The third-order valence-electron chi connectivity index (χ3n) is 6.02. The minimum atomic E-state index is -0.655. The summed E-state index contributed by atoms with van der Waals surface area (Å²) in [5, 5.41) is 12.4. The molecule has 0 aliphatic carbocycles. The number of nitrogens with one attached hydrogen (secondary N) is 1. The van der Waals surface area contributed by atoms with E-state index < -0.39 is 11.5 Å². The summed E-state index contributed by atoms with van der Waals surface area (Å²) in [6.45, 7) is 3.32. The van der Waals surface area contributed by atoms with Crippen LogP contribution in [-0.4, -0.2) is 40.9 Å². The number of rotatable bonds is 7. The first-order valence-corrected chi connectivity index (χ1v) is 11.6. The van der Waals surface area contributed by atoms with Gasteiger partial charge in [0.2, 0.25) is 5.91 Å². The van der Waals surface area contributed by atoms with Gasteiger partial charge in [-0.05, 0) is 62.2 Å². The van der Waals surface area contributed by atoms with Gasteiger partial charge >= 0.3 is 0 Å². The normalized spacial score (nSPS) is 14.3. The van der Waals surface area contributed by atoms with Crippen molar-refractivity contribution in [1.82, 2.24) is 9.38 Å². The molecular weight excluding hydrogens is 460 g/mol. The van der Waals surface area contributed by atoms with Gasteiger partial charge in [0, 0.05) is 30.9 Å². The predicted octanol–water partition coefficient (Wildman–Crippen LogP) is 2.34. The van der Waals surface area contributed by atoms with Gasteiger partial charge in [0.15, 0.2) is 0 Å². The fourth-order valence-corrected chi connectivity index (χ4v) is 4.13. The van der Waals surface area contributed by atoms with Gasteiger partial charge in [0.25, 0.3) is 11.5 Å². The van der Waals surface area contributed by atoms with Gasteiger partial charge in [0.1, 0.15) is 28.9 Å². The lowest BCUT2D eigenvalue weighted by atomic mass is 9.96. The lowest BCUT2D eigenvalue weighted by Gasteiger charge is -2.32. The summed E-state index contributed by atoms with van der Waals surface area (Å²) in [6.07, 6.45) is 3.90. The van der Waals surface area contributed by atoms with Crippen molar-refractivity contribution in [3.63, 3.8) is 0 Å². The van der Waals surface area contributed by atoms with Gasteiger partial charge in [-0.15, -0.1) is 0 Å².